The highest BCUT2D eigenvalue weighted by Crippen LogP contribution is 2.40. The molecule has 1 fully saturated rings. The zero-order valence-electron chi connectivity index (χ0n) is 25.2. The highest BCUT2D eigenvalue weighted by molar-refractivity contribution is 7.18. The Morgan fingerprint density at radius 3 is 2.78 bits per heavy atom. The van der Waals surface area contributed by atoms with E-state index in [1.165, 1.54) is 11.3 Å². The van der Waals surface area contributed by atoms with Crippen molar-refractivity contribution in [3.8, 4) is 16.9 Å². The van der Waals surface area contributed by atoms with Gasteiger partial charge in [0.1, 0.15) is 18.2 Å². The number of rotatable bonds is 8. The number of nitrogens with zero attached hydrogens (tertiary/aromatic N) is 4. The Bertz CT molecular complexity index is 1860. The maximum atomic E-state index is 13.7. The van der Waals surface area contributed by atoms with Crippen molar-refractivity contribution in [2.24, 2.45) is 0 Å². The number of aromatic carboxylic acids is 1. The van der Waals surface area contributed by atoms with Gasteiger partial charge in [-0.25, -0.2) is 9.78 Å². The smallest absolute Gasteiger partial charge is 0.391 e. The van der Waals surface area contributed by atoms with E-state index in [-0.39, 0.29) is 43.5 Å². The number of carboxylic acids is 1. The van der Waals surface area contributed by atoms with E-state index in [0.29, 0.717) is 69.4 Å². The van der Waals surface area contributed by atoms with E-state index >= 15 is 0 Å². The molecule has 2 atom stereocenters. The molecule has 4 aromatic rings. The summed E-state index contributed by atoms with van der Waals surface area (Å²) >= 11 is 7.66. The van der Waals surface area contributed by atoms with E-state index < -0.39 is 24.7 Å². The third-order valence-electron chi connectivity index (χ3n) is 8.52. The number of halogens is 4. The molecule has 1 aromatic carbocycles. The van der Waals surface area contributed by atoms with Crippen molar-refractivity contribution in [2.75, 3.05) is 26.3 Å². The lowest BCUT2D eigenvalue weighted by Crippen LogP contribution is -2.51. The van der Waals surface area contributed by atoms with E-state index in [1.54, 1.807) is 42.0 Å². The Morgan fingerprint density at radius 2 is 2.02 bits per heavy atom. The zero-order valence-corrected chi connectivity index (χ0v) is 26.8. The molecule has 1 saturated heterocycles. The fourth-order valence-electron chi connectivity index (χ4n) is 6.41. The van der Waals surface area contributed by atoms with E-state index in [4.69, 9.17) is 26.1 Å². The average Bonchev–Trinajstić information content (AvgIpc) is 3.42. The predicted octanol–water partition coefficient (Wildman–Crippen LogP) is 6.08. The molecule has 46 heavy (non-hydrogen) atoms. The largest absolute Gasteiger partial charge is 0.491 e. The van der Waals surface area contributed by atoms with Crippen molar-refractivity contribution >= 4 is 39.1 Å². The number of thiophene rings is 1. The zero-order chi connectivity index (χ0) is 32.7. The molecule has 9 nitrogen and oxygen atoms in total. The van der Waals surface area contributed by atoms with Gasteiger partial charge in [0.2, 0.25) is 0 Å². The van der Waals surface area contributed by atoms with Gasteiger partial charge in [-0.1, -0.05) is 11.6 Å². The minimum atomic E-state index is -4.30. The van der Waals surface area contributed by atoms with Gasteiger partial charge < -0.3 is 14.6 Å². The molecule has 0 unspecified atom stereocenters. The van der Waals surface area contributed by atoms with Crippen molar-refractivity contribution in [1.82, 2.24) is 19.4 Å². The number of aryl methyl sites for hydroxylation is 3. The van der Waals surface area contributed by atoms with Crippen LogP contribution in [0.2, 0.25) is 5.02 Å². The number of benzene rings is 1. The summed E-state index contributed by atoms with van der Waals surface area (Å²) in [6.45, 7) is 4.85. The van der Waals surface area contributed by atoms with Crippen molar-refractivity contribution in [1.29, 1.82) is 0 Å². The van der Waals surface area contributed by atoms with E-state index in [0.717, 1.165) is 11.3 Å². The summed E-state index contributed by atoms with van der Waals surface area (Å²) in [4.78, 5) is 36.7. The topological polar surface area (TPSA) is 107 Å². The summed E-state index contributed by atoms with van der Waals surface area (Å²) in [5.74, 6) is 0.0169. The Kier molecular flexibility index (Phi) is 9.12. The van der Waals surface area contributed by atoms with Crippen molar-refractivity contribution in [3.05, 3.63) is 73.4 Å². The summed E-state index contributed by atoms with van der Waals surface area (Å²) in [5, 5.41) is 11.7. The number of alkyl halides is 3. The van der Waals surface area contributed by atoms with Gasteiger partial charge in [-0.2, -0.15) is 13.2 Å². The number of hydrogen-bond acceptors (Lipinski definition) is 8. The fraction of sp³-hybridized carbons (Fsp3) is 0.438. The second-order valence-corrected chi connectivity index (χ2v) is 13.0. The Morgan fingerprint density at radius 1 is 1.22 bits per heavy atom. The van der Waals surface area contributed by atoms with Gasteiger partial charge in [0.25, 0.3) is 5.56 Å². The Labute approximate surface area is 271 Å². The van der Waals surface area contributed by atoms with Gasteiger partial charge in [-0.05, 0) is 57.4 Å². The van der Waals surface area contributed by atoms with Gasteiger partial charge in [0.15, 0.2) is 0 Å². The predicted molar refractivity (Wildman–Crippen MR) is 168 cm³/mol. The molecule has 1 aliphatic heterocycles. The second kappa shape index (κ2) is 12.9. The number of morpholine rings is 1. The van der Waals surface area contributed by atoms with Crippen LogP contribution in [0.1, 0.15) is 46.0 Å². The minimum absolute atomic E-state index is 0.0646. The van der Waals surface area contributed by atoms with Crippen LogP contribution >= 0.6 is 22.9 Å². The molecule has 14 heteroatoms. The van der Waals surface area contributed by atoms with Crippen LogP contribution < -0.4 is 10.3 Å². The first-order valence-corrected chi connectivity index (χ1v) is 16.2. The fourth-order valence-corrected chi connectivity index (χ4v) is 7.60. The normalized spacial score (nSPS) is 18.9. The molecule has 0 bridgehead atoms. The van der Waals surface area contributed by atoms with Crippen molar-refractivity contribution in [2.45, 2.75) is 64.4 Å². The number of hydrogen-bond donors (Lipinski definition) is 1. The number of carbonyl (C=O) groups is 1. The van der Waals surface area contributed by atoms with Crippen molar-refractivity contribution in [3.63, 3.8) is 0 Å². The molecule has 0 spiro atoms. The number of pyridine rings is 1. The maximum Gasteiger partial charge on any atom is 0.391 e. The van der Waals surface area contributed by atoms with Gasteiger partial charge >= 0.3 is 12.1 Å². The number of carboxylic acid groups (broad SMARTS) is 1. The summed E-state index contributed by atoms with van der Waals surface area (Å²) in [5.41, 5.74) is 3.74. The molecule has 2 aliphatic rings. The van der Waals surface area contributed by atoms with Crippen LogP contribution in [0.3, 0.4) is 0 Å². The van der Waals surface area contributed by atoms with Crippen molar-refractivity contribution < 1.29 is 32.5 Å². The standard InChI is InChI=1S/C32H32ClF3N4O5S/c1-17-11-23(29-28(37-17)25(16-46-29)31(42)43)22-12-19(33)3-6-27(22)45-10-8-40-18(2)38-26-5-4-20(13-24(26)30(40)41)39-7-9-44-21(15-39)14-32(34,35)36/h3,6,11-12,16,20-21H,4-5,7-10,13-15H2,1-2H3,(H,42,43)/t20-,21-/m1/s1. The lowest BCUT2D eigenvalue weighted by atomic mass is 9.90. The van der Waals surface area contributed by atoms with Crippen LogP contribution in [0.15, 0.2) is 34.4 Å². The molecule has 1 N–H and O–H groups in total. The number of ether oxygens (including phenoxy) is 2. The first kappa shape index (κ1) is 32.4. The van der Waals surface area contributed by atoms with Crippen LogP contribution in [0.4, 0.5) is 13.2 Å². The highest BCUT2D eigenvalue weighted by atomic mass is 35.5. The molecule has 4 heterocycles. The summed E-state index contributed by atoms with van der Waals surface area (Å²) in [6, 6.07) is 7.00. The lowest BCUT2D eigenvalue weighted by molar-refractivity contribution is -0.172. The molecular weight excluding hydrogens is 645 g/mol. The third kappa shape index (κ3) is 6.78. The molecular formula is C32H32ClF3N4O5S. The van der Waals surface area contributed by atoms with Crippen LogP contribution in [0, 0.1) is 13.8 Å². The summed E-state index contributed by atoms with van der Waals surface area (Å²) < 4.78 is 52.9. The average molecular weight is 677 g/mol. The Balaban J connectivity index is 1.21. The molecule has 244 valence electrons. The maximum absolute atomic E-state index is 13.7. The minimum Gasteiger partial charge on any atom is -0.491 e. The number of aromatic nitrogens is 3. The quantitative estimate of drug-likeness (QED) is 0.240. The van der Waals surface area contributed by atoms with E-state index in [1.807, 2.05) is 11.0 Å². The highest BCUT2D eigenvalue weighted by Gasteiger charge is 2.37. The summed E-state index contributed by atoms with van der Waals surface area (Å²) in [7, 11) is 0. The first-order valence-electron chi connectivity index (χ1n) is 14.9. The first-order chi connectivity index (χ1) is 21.9. The van der Waals surface area contributed by atoms with E-state index in [2.05, 4.69) is 4.98 Å². The third-order valence-corrected chi connectivity index (χ3v) is 9.76. The molecule has 1 aliphatic carbocycles. The van der Waals surface area contributed by atoms with Crippen LogP contribution in [0.25, 0.3) is 21.3 Å². The number of fused-ring (bicyclic) bond motifs is 2. The van der Waals surface area contributed by atoms with Gasteiger partial charge in [-0.3, -0.25) is 19.2 Å². The second-order valence-electron chi connectivity index (χ2n) is 11.7. The Hall–Kier alpha value is -3.52. The molecule has 0 radical (unpaired) electrons. The lowest BCUT2D eigenvalue weighted by Gasteiger charge is -2.40. The van der Waals surface area contributed by atoms with Gasteiger partial charge in [-0.15, -0.1) is 11.3 Å². The molecule has 0 amide bonds. The molecule has 3 aromatic heterocycles. The monoisotopic (exact) mass is 676 g/mol. The summed E-state index contributed by atoms with van der Waals surface area (Å²) in [6.07, 6.45) is -4.49. The van der Waals surface area contributed by atoms with Crippen LogP contribution in [-0.4, -0.2) is 75.1 Å². The SMILES string of the molecule is Cc1cc(-c2cc(Cl)ccc2OCCn2c(C)nc3c(c2=O)C[C@H](N2CCO[C@H](CC(F)(F)F)C2)CC3)c2scc(C(=O)O)c2n1. The van der Waals surface area contributed by atoms with E-state index in [9.17, 15) is 27.9 Å². The van der Waals surface area contributed by atoms with Crippen LogP contribution in [-0.2, 0) is 24.1 Å². The van der Waals surface area contributed by atoms with Gasteiger partial charge in [0.05, 0.1) is 47.2 Å². The van der Waals surface area contributed by atoms with Crippen LogP contribution in [0.5, 0.6) is 5.75 Å². The van der Waals surface area contributed by atoms with Gasteiger partial charge in [0, 0.05) is 51.9 Å². The molecule has 6 rings (SSSR count). The molecule has 0 saturated carbocycles.